The molecule has 0 spiro atoms. The van der Waals surface area contributed by atoms with Crippen LogP contribution in [0.25, 0.3) is 11.1 Å². The summed E-state index contributed by atoms with van der Waals surface area (Å²) in [6.07, 6.45) is -0.819. The largest absolute Gasteiger partial charge is 0.481 e. The van der Waals surface area contributed by atoms with Crippen molar-refractivity contribution < 1.29 is 27.8 Å². The Balaban J connectivity index is 1.77. The lowest BCUT2D eigenvalue weighted by Gasteiger charge is -2.32. The molecule has 1 amide bonds. The van der Waals surface area contributed by atoms with Crippen LogP contribution in [-0.2, 0) is 11.3 Å². The first-order chi connectivity index (χ1) is 12.5. The van der Waals surface area contributed by atoms with Crippen LogP contribution in [0.15, 0.2) is 24.4 Å². The number of aromatic nitrogens is 1. The van der Waals surface area contributed by atoms with Crippen molar-refractivity contribution in [3.05, 3.63) is 41.6 Å². The smallest absolute Gasteiger partial charge is 0.413 e. The lowest BCUT2D eigenvalue weighted by Crippen LogP contribution is -2.46. The number of nitrogens with two attached hydrogens (primary N) is 1. The molecule has 4 rings (SSSR count). The fourth-order valence-corrected chi connectivity index (χ4v) is 3.12. The van der Waals surface area contributed by atoms with Crippen LogP contribution in [0.3, 0.4) is 0 Å². The van der Waals surface area contributed by atoms with Crippen molar-refractivity contribution in [3.8, 4) is 22.8 Å². The van der Waals surface area contributed by atoms with Crippen LogP contribution in [0.2, 0.25) is 0 Å². The van der Waals surface area contributed by atoms with Crippen LogP contribution < -0.4 is 15.2 Å². The highest BCUT2D eigenvalue weighted by Crippen LogP contribution is 2.40. The average molecular weight is 363 g/mol. The van der Waals surface area contributed by atoms with Gasteiger partial charge in [0.25, 0.3) is 0 Å². The Bertz CT molecular complexity index is 875. The second kappa shape index (κ2) is 6.10. The summed E-state index contributed by atoms with van der Waals surface area (Å²) in [7, 11) is 1.44. The topological polar surface area (TPSA) is 86.9 Å². The molecule has 3 heterocycles. The van der Waals surface area contributed by atoms with E-state index in [4.69, 9.17) is 19.9 Å². The van der Waals surface area contributed by atoms with Crippen LogP contribution in [-0.4, -0.2) is 42.0 Å². The van der Waals surface area contributed by atoms with E-state index in [1.807, 2.05) is 0 Å². The molecular formula is C17H15F2N3O4. The van der Waals surface area contributed by atoms with Gasteiger partial charge in [-0.05, 0) is 6.07 Å². The van der Waals surface area contributed by atoms with Crippen molar-refractivity contribution in [2.45, 2.75) is 18.9 Å². The minimum atomic E-state index is -0.811. The van der Waals surface area contributed by atoms with Gasteiger partial charge in [0, 0.05) is 30.4 Å². The maximum Gasteiger partial charge on any atom is 0.413 e. The highest BCUT2D eigenvalue weighted by molar-refractivity contribution is 5.72. The lowest BCUT2D eigenvalue weighted by atomic mass is 10.0. The highest BCUT2D eigenvalue weighted by Gasteiger charge is 2.46. The third-order valence-corrected chi connectivity index (χ3v) is 4.43. The number of benzene rings is 1. The third kappa shape index (κ3) is 2.43. The van der Waals surface area contributed by atoms with Gasteiger partial charge < -0.3 is 19.9 Å². The van der Waals surface area contributed by atoms with Crippen molar-refractivity contribution in [2.24, 2.45) is 5.73 Å². The maximum atomic E-state index is 15.1. The predicted octanol–water partition coefficient (Wildman–Crippen LogP) is 2.03. The Labute approximate surface area is 147 Å². The second-order valence-corrected chi connectivity index (χ2v) is 5.91. The summed E-state index contributed by atoms with van der Waals surface area (Å²) in [6, 6.07) is 4.11. The van der Waals surface area contributed by atoms with E-state index in [1.165, 1.54) is 30.3 Å². The molecule has 136 valence electrons. The van der Waals surface area contributed by atoms with E-state index < -0.39 is 30.1 Å². The van der Waals surface area contributed by atoms with Gasteiger partial charge in [-0.25, -0.2) is 18.6 Å². The van der Waals surface area contributed by atoms with Crippen LogP contribution in [0, 0.1) is 11.6 Å². The van der Waals surface area contributed by atoms with Crippen LogP contribution in [0.4, 0.5) is 13.6 Å². The summed E-state index contributed by atoms with van der Waals surface area (Å²) >= 11 is 0. The summed E-state index contributed by atoms with van der Waals surface area (Å²) < 4.78 is 45.3. The van der Waals surface area contributed by atoms with Gasteiger partial charge in [-0.1, -0.05) is 0 Å². The van der Waals surface area contributed by atoms with E-state index in [2.05, 4.69) is 4.98 Å². The molecule has 0 unspecified atom stereocenters. The van der Waals surface area contributed by atoms with Gasteiger partial charge in [-0.15, -0.1) is 0 Å². The number of cyclic esters (lactones) is 1. The van der Waals surface area contributed by atoms with E-state index in [0.29, 0.717) is 5.88 Å². The molecule has 26 heavy (non-hydrogen) atoms. The minimum Gasteiger partial charge on any atom is -0.481 e. The van der Waals surface area contributed by atoms with Crippen LogP contribution >= 0.6 is 0 Å². The van der Waals surface area contributed by atoms with Gasteiger partial charge in [0.15, 0.2) is 6.10 Å². The molecule has 0 aliphatic carbocycles. The summed E-state index contributed by atoms with van der Waals surface area (Å²) in [6.45, 7) is -0.0547. The molecule has 9 heteroatoms. The first-order valence-electron chi connectivity index (χ1n) is 7.88. The zero-order valence-electron chi connectivity index (χ0n) is 13.7. The quantitative estimate of drug-likeness (QED) is 0.898. The summed E-state index contributed by atoms with van der Waals surface area (Å²) in [4.78, 5) is 17.1. The Morgan fingerprint density at radius 2 is 2.19 bits per heavy atom. The zero-order valence-corrected chi connectivity index (χ0v) is 13.7. The number of ether oxygens (including phenoxy) is 3. The number of amides is 1. The van der Waals surface area contributed by atoms with Crippen LogP contribution in [0.5, 0.6) is 11.6 Å². The standard InChI is InChI=1S/C17H15F2N3O4/c1-24-13-3-2-8(6-21-13)14-10(18)4-11-9(15(14)19)7-22-16(25-11)12(5-20)26-17(22)23/h2-4,6,12,16H,5,7,20H2,1H3/t12-,16-/m0/s1. The van der Waals surface area contributed by atoms with E-state index in [-0.39, 0.29) is 35.5 Å². The Kier molecular flexibility index (Phi) is 3.87. The summed E-state index contributed by atoms with van der Waals surface area (Å²) in [5.41, 5.74) is 5.63. The number of hydrogen-bond acceptors (Lipinski definition) is 6. The van der Waals surface area contributed by atoms with Gasteiger partial charge in [-0.2, -0.15) is 0 Å². The fraction of sp³-hybridized carbons (Fsp3) is 0.294. The number of halogens is 2. The third-order valence-electron chi connectivity index (χ3n) is 4.43. The molecule has 0 bridgehead atoms. The van der Waals surface area contributed by atoms with Crippen molar-refractivity contribution in [1.29, 1.82) is 0 Å². The van der Waals surface area contributed by atoms with Crippen molar-refractivity contribution in [2.75, 3.05) is 13.7 Å². The maximum absolute atomic E-state index is 15.1. The second-order valence-electron chi connectivity index (χ2n) is 5.91. The number of nitrogens with zero attached hydrogens (tertiary/aromatic N) is 2. The van der Waals surface area contributed by atoms with E-state index in [0.717, 1.165) is 6.07 Å². The molecule has 0 radical (unpaired) electrons. The Morgan fingerprint density at radius 3 is 2.85 bits per heavy atom. The monoisotopic (exact) mass is 363 g/mol. The number of rotatable bonds is 3. The van der Waals surface area contributed by atoms with E-state index >= 15 is 4.39 Å². The molecule has 1 fully saturated rings. The van der Waals surface area contributed by atoms with Crippen molar-refractivity contribution >= 4 is 6.09 Å². The molecule has 1 saturated heterocycles. The normalized spacial score (nSPS) is 20.9. The lowest BCUT2D eigenvalue weighted by molar-refractivity contribution is 0.0206. The van der Waals surface area contributed by atoms with Gasteiger partial charge in [-0.3, -0.25) is 4.90 Å². The number of carbonyl (C=O) groups excluding carboxylic acids is 1. The van der Waals surface area contributed by atoms with E-state index in [9.17, 15) is 9.18 Å². The predicted molar refractivity (Wildman–Crippen MR) is 85.4 cm³/mol. The summed E-state index contributed by atoms with van der Waals surface area (Å²) in [5.74, 6) is -1.25. The molecule has 7 nitrogen and oxygen atoms in total. The van der Waals surface area contributed by atoms with Gasteiger partial charge >= 0.3 is 6.09 Å². The summed E-state index contributed by atoms with van der Waals surface area (Å²) in [5, 5.41) is 0. The number of methoxy groups -OCH3 is 1. The number of carbonyl (C=O) groups is 1. The average Bonchev–Trinajstić information content (AvgIpc) is 2.96. The number of hydrogen-bond donors (Lipinski definition) is 1. The first kappa shape index (κ1) is 16.5. The van der Waals surface area contributed by atoms with Gasteiger partial charge in [0.05, 0.1) is 24.8 Å². The molecule has 1 aromatic heterocycles. The van der Waals surface area contributed by atoms with Gasteiger partial charge in [0.1, 0.15) is 17.4 Å². The SMILES string of the molecule is COc1ccc(-c2c(F)cc3c(c2F)CN2C(=O)O[C@@H](CN)[C@@H]2O3)cn1. The molecule has 1 aromatic carbocycles. The van der Waals surface area contributed by atoms with E-state index in [1.54, 1.807) is 0 Å². The fourth-order valence-electron chi connectivity index (χ4n) is 3.12. The molecule has 2 aromatic rings. The van der Waals surface area contributed by atoms with Crippen molar-refractivity contribution in [3.63, 3.8) is 0 Å². The number of fused-ring (bicyclic) bond motifs is 2. The highest BCUT2D eigenvalue weighted by atomic mass is 19.1. The molecule has 2 atom stereocenters. The van der Waals surface area contributed by atoms with Crippen molar-refractivity contribution in [1.82, 2.24) is 9.88 Å². The number of pyridine rings is 1. The Hall–Kier alpha value is -2.94. The first-order valence-corrected chi connectivity index (χ1v) is 7.88. The zero-order chi connectivity index (χ0) is 18.4. The molecule has 0 saturated carbocycles. The molecular weight excluding hydrogens is 348 g/mol. The molecule has 2 aliphatic heterocycles. The van der Waals surface area contributed by atoms with Gasteiger partial charge in [0.2, 0.25) is 12.1 Å². The molecule has 2 aliphatic rings. The molecule has 2 N–H and O–H groups in total. The Morgan fingerprint density at radius 1 is 1.38 bits per heavy atom. The van der Waals surface area contributed by atoms with Crippen LogP contribution in [0.1, 0.15) is 5.56 Å². The minimum absolute atomic E-state index is 0.0308.